The average molecular weight is 279 g/mol. The summed E-state index contributed by atoms with van der Waals surface area (Å²) in [5, 5.41) is -0.0754. The van der Waals surface area contributed by atoms with Crippen LogP contribution < -0.4 is 5.63 Å². The first-order valence-corrected chi connectivity index (χ1v) is 6.28. The standard InChI is InChI=1S/C14H11F2NO3/c15-8-5-11(16)9-7-10(14(19)20-12(9)6-8)13(18)17-3-1-2-4-17/h5-7H,1-4H2. The molecule has 1 aliphatic heterocycles. The Balaban J connectivity index is 2.14. The lowest BCUT2D eigenvalue weighted by molar-refractivity contribution is 0.0789. The van der Waals surface area contributed by atoms with Crippen LogP contribution in [-0.2, 0) is 0 Å². The summed E-state index contributed by atoms with van der Waals surface area (Å²) in [4.78, 5) is 25.5. The summed E-state index contributed by atoms with van der Waals surface area (Å²) in [6, 6.07) is 2.74. The monoisotopic (exact) mass is 279 g/mol. The molecule has 20 heavy (non-hydrogen) atoms. The minimum atomic E-state index is -0.876. The zero-order valence-electron chi connectivity index (χ0n) is 10.5. The Morgan fingerprint density at radius 1 is 1.15 bits per heavy atom. The predicted molar refractivity (Wildman–Crippen MR) is 67.5 cm³/mol. The van der Waals surface area contributed by atoms with Crippen molar-refractivity contribution in [2.24, 2.45) is 0 Å². The van der Waals surface area contributed by atoms with Gasteiger partial charge < -0.3 is 9.32 Å². The lowest BCUT2D eigenvalue weighted by atomic mass is 10.1. The molecule has 0 radical (unpaired) electrons. The first kappa shape index (κ1) is 12.8. The molecule has 0 N–H and O–H groups in total. The molecule has 0 spiro atoms. The molecular formula is C14H11F2NO3. The van der Waals surface area contributed by atoms with E-state index >= 15 is 0 Å². The minimum Gasteiger partial charge on any atom is -0.422 e. The Morgan fingerprint density at radius 2 is 1.85 bits per heavy atom. The third kappa shape index (κ3) is 2.07. The second kappa shape index (κ2) is 4.70. The van der Waals surface area contributed by atoms with E-state index in [1.807, 2.05) is 0 Å². The van der Waals surface area contributed by atoms with Crippen LogP contribution in [0.4, 0.5) is 8.78 Å². The normalized spacial score (nSPS) is 15.0. The highest BCUT2D eigenvalue weighted by Crippen LogP contribution is 2.20. The summed E-state index contributed by atoms with van der Waals surface area (Å²) >= 11 is 0. The zero-order chi connectivity index (χ0) is 14.3. The molecule has 0 bridgehead atoms. The van der Waals surface area contributed by atoms with Gasteiger partial charge in [-0.05, 0) is 18.9 Å². The summed E-state index contributed by atoms with van der Waals surface area (Å²) in [5.41, 5.74) is -1.30. The van der Waals surface area contributed by atoms with Crippen LogP contribution in [0.3, 0.4) is 0 Å². The van der Waals surface area contributed by atoms with Crippen LogP contribution in [0.1, 0.15) is 23.2 Å². The van der Waals surface area contributed by atoms with Crippen LogP contribution >= 0.6 is 0 Å². The number of amides is 1. The van der Waals surface area contributed by atoms with Crippen LogP contribution in [0.5, 0.6) is 0 Å². The van der Waals surface area contributed by atoms with Gasteiger partial charge in [-0.1, -0.05) is 0 Å². The Bertz CT molecular complexity index is 748. The molecule has 2 heterocycles. The Kier molecular flexibility index (Phi) is 3.00. The quantitative estimate of drug-likeness (QED) is 0.753. The van der Waals surface area contributed by atoms with Crippen LogP contribution in [0.15, 0.2) is 27.4 Å². The van der Waals surface area contributed by atoms with Crippen molar-refractivity contribution in [3.63, 3.8) is 0 Å². The first-order chi connectivity index (χ1) is 9.56. The van der Waals surface area contributed by atoms with Crippen molar-refractivity contribution >= 4 is 16.9 Å². The number of benzene rings is 1. The number of likely N-dealkylation sites (tertiary alicyclic amines) is 1. The summed E-state index contributed by atoms with van der Waals surface area (Å²) < 4.78 is 31.6. The van der Waals surface area contributed by atoms with Gasteiger partial charge in [0.2, 0.25) is 0 Å². The van der Waals surface area contributed by atoms with Gasteiger partial charge in [0.1, 0.15) is 22.8 Å². The maximum atomic E-state index is 13.7. The van der Waals surface area contributed by atoms with Gasteiger partial charge in [-0.25, -0.2) is 13.6 Å². The summed E-state index contributed by atoms with van der Waals surface area (Å²) in [6.45, 7) is 1.14. The number of halogens is 2. The number of rotatable bonds is 1. The predicted octanol–water partition coefficient (Wildman–Crippen LogP) is 2.31. The average Bonchev–Trinajstić information content (AvgIpc) is 2.90. The maximum Gasteiger partial charge on any atom is 0.349 e. The number of carbonyl (C=O) groups is 1. The van der Waals surface area contributed by atoms with E-state index in [9.17, 15) is 18.4 Å². The van der Waals surface area contributed by atoms with E-state index in [4.69, 9.17) is 4.42 Å². The van der Waals surface area contributed by atoms with E-state index in [0.29, 0.717) is 19.2 Å². The molecule has 0 saturated carbocycles. The highest BCUT2D eigenvalue weighted by atomic mass is 19.1. The minimum absolute atomic E-state index is 0.0754. The van der Waals surface area contributed by atoms with Crippen molar-refractivity contribution in [2.45, 2.75) is 12.8 Å². The van der Waals surface area contributed by atoms with Crippen molar-refractivity contribution in [1.82, 2.24) is 4.90 Å². The zero-order valence-corrected chi connectivity index (χ0v) is 10.5. The molecule has 6 heteroatoms. The van der Waals surface area contributed by atoms with Gasteiger partial charge in [-0.3, -0.25) is 4.79 Å². The van der Waals surface area contributed by atoms with Gasteiger partial charge >= 0.3 is 5.63 Å². The van der Waals surface area contributed by atoms with Gasteiger partial charge in [0.05, 0.1) is 5.39 Å². The Hall–Kier alpha value is -2.24. The molecule has 1 fully saturated rings. The molecule has 1 amide bonds. The van der Waals surface area contributed by atoms with E-state index in [1.54, 1.807) is 0 Å². The van der Waals surface area contributed by atoms with Gasteiger partial charge in [0.15, 0.2) is 0 Å². The highest BCUT2D eigenvalue weighted by molar-refractivity contribution is 5.96. The van der Waals surface area contributed by atoms with Crippen molar-refractivity contribution in [1.29, 1.82) is 0 Å². The summed E-state index contributed by atoms with van der Waals surface area (Å²) in [7, 11) is 0. The highest BCUT2D eigenvalue weighted by Gasteiger charge is 2.23. The molecule has 4 nitrogen and oxygen atoms in total. The first-order valence-electron chi connectivity index (χ1n) is 6.28. The largest absolute Gasteiger partial charge is 0.422 e. The number of fused-ring (bicyclic) bond motifs is 1. The molecule has 1 aliphatic rings. The number of hydrogen-bond acceptors (Lipinski definition) is 3. The second-order valence-electron chi connectivity index (χ2n) is 4.75. The number of carbonyl (C=O) groups excluding carboxylic acids is 1. The summed E-state index contributed by atoms with van der Waals surface area (Å²) in [5.74, 6) is -2.17. The van der Waals surface area contributed by atoms with Crippen molar-refractivity contribution < 1.29 is 18.0 Å². The third-order valence-corrected chi connectivity index (χ3v) is 3.39. The van der Waals surface area contributed by atoms with Crippen LogP contribution in [0, 0.1) is 11.6 Å². The number of nitrogens with zero attached hydrogens (tertiary/aromatic N) is 1. The second-order valence-corrected chi connectivity index (χ2v) is 4.75. The van der Waals surface area contributed by atoms with Crippen molar-refractivity contribution in [2.75, 3.05) is 13.1 Å². The fraction of sp³-hybridized carbons (Fsp3) is 0.286. The number of hydrogen-bond donors (Lipinski definition) is 0. The molecule has 1 saturated heterocycles. The SMILES string of the molecule is O=C(c1cc2c(F)cc(F)cc2oc1=O)N1CCCC1. The van der Waals surface area contributed by atoms with E-state index in [-0.39, 0.29) is 16.5 Å². The van der Waals surface area contributed by atoms with E-state index < -0.39 is 23.2 Å². The Labute approximate surface area is 112 Å². The molecule has 0 unspecified atom stereocenters. The fourth-order valence-corrected chi connectivity index (χ4v) is 2.38. The van der Waals surface area contributed by atoms with Gasteiger partial charge in [0, 0.05) is 25.2 Å². The smallest absolute Gasteiger partial charge is 0.349 e. The third-order valence-electron chi connectivity index (χ3n) is 3.39. The van der Waals surface area contributed by atoms with Gasteiger partial charge in [0.25, 0.3) is 5.91 Å². The molecule has 3 rings (SSSR count). The van der Waals surface area contributed by atoms with Crippen molar-refractivity contribution in [3.8, 4) is 0 Å². The maximum absolute atomic E-state index is 13.7. The lowest BCUT2D eigenvalue weighted by Gasteiger charge is -2.14. The van der Waals surface area contributed by atoms with Gasteiger partial charge in [-0.15, -0.1) is 0 Å². The van der Waals surface area contributed by atoms with E-state index in [1.165, 1.54) is 4.90 Å². The lowest BCUT2D eigenvalue weighted by Crippen LogP contribution is -2.31. The molecular weight excluding hydrogens is 268 g/mol. The van der Waals surface area contributed by atoms with E-state index in [0.717, 1.165) is 25.0 Å². The van der Waals surface area contributed by atoms with Crippen LogP contribution in [-0.4, -0.2) is 23.9 Å². The molecule has 0 aliphatic carbocycles. The van der Waals surface area contributed by atoms with Gasteiger partial charge in [-0.2, -0.15) is 0 Å². The van der Waals surface area contributed by atoms with Crippen LogP contribution in [0.25, 0.3) is 11.0 Å². The molecule has 1 aromatic carbocycles. The van der Waals surface area contributed by atoms with Crippen molar-refractivity contribution in [3.05, 3.63) is 45.8 Å². The molecule has 0 atom stereocenters. The fourth-order valence-electron chi connectivity index (χ4n) is 2.38. The molecule has 2 aromatic rings. The van der Waals surface area contributed by atoms with Crippen LogP contribution in [0.2, 0.25) is 0 Å². The van der Waals surface area contributed by atoms with E-state index in [2.05, 4.69) is 0 Å². The topological polar surface area (TPSA) is 50.5 Å². The summed E-state index contributed by atoms with van der Waals surface area (Å²) in [6.07, 6.45) is 1.76. The molecule has 104 valence electrons. The Morgan fingerprint density at radius 3 is 2.55 bits per heavy atom. The molecule has 1 aromatic heterocycles.